The Balaban J connectivity index is 1.34. The fourth-order valence-corrected chi connectivity index (χ4v) is 4.16. The molecule has 3 aromatic rings. The van der Waals surface area contributed by atoms with Crippen LogP contribution in [0.25, 0.3) is 5.69 Å². The van der Waals surface area contributed by atoms with Gasteiger partial charge in [0, 0.05) is 44.1 Å². The number of aryl methyl sites for hydroxylation is 1. The summed E-state index contributed by atoms with van der Waals surface area (Å²) in [6, 6.07) is 19.0. The van der Waals surface area contributed by atoms with Gasteiger partial charge in [0.25, 0.3) is 5.91 Å². The van der Waals surface area contributed by atoms with Crippen molar-refractivity contribution < 1.29 is 14.3 Å². The lowest BCUT2D eigenvalue weighted by atomic mass is 10.1. The van der Waals surface area contributed by atoms with Crippen molar-refractivity contribution in [1.29, 1.82) is 0 Å². The molecule has 0 radical (unpaired) electrons. The molecule has 2 aromatic carbocycles. The fourth-order valence-electron chi connectivity index (χ4n) is 4.16. The van der Waals surface area contributed by atoms with Crippen molar-refractivity contribution in [3.8, 4) is 11.4 Å². The summed E-state index contributed by atoms with van der Waals surface area (Å²) < 4.78 is 13.0. The van der Waals surface area contributed by atoms with E-state index in [0.717, 1.165) is 49.6 Å². The number of likely N-dealkylation sites (N-methyl/N-ethyl adjacent to an activating group) is 1. The van der Waals surface area contributed by atoms with E-state index in [1.165, 1.54) is 6.07 Å². The number of hydrogen-bond acceptors (Lipinski definition) is 6. The van der Waals surface area contributed by atoms with Crippen LogP contribution in [0.3, 0.4) is 0 Å². The van der Waals surface area contributed by atoms with Crippen molar-refractivity contribution in [3.63, 3.8) is 0 Å². The SMILES string of the molecule is Cc1cc(=O)c(C(=O)NCc2cccc(OCCN(C)C3CCOCC3)c2)nn1-c1ccccc1. The van der Waals surface area contributed by atoms with Crippen LogP contribution in [0.15, 0.2) is 65.5 Å². The summed E-state index contributed by atoms with van der Waals surface area (Å²) in [4.78, 5) is 27.6. The monoisotopic (exact) mass is 476 g/mol. The zero-order valence-electron chi connectivity index (χ0n) is 20.3. The van der Waals surface area contributed by atoms with Gasteiger partial charge in [0.2, 0.25) is 5.43 Å². The number of hydrogen-bond donors (Lipinski definition) is 1. The molecule has 1 amide bonds. The molecular formula is C27H32N4O4. The number of rotatable bonds is 9. The number of para-hydroxylation sites is 1. The second-order valence-corrected chi connectivity index (χ2v) is 8.75. The highest BCUT2D eigenvalue weighted by molar-refractivity contribution is 5.92. The smallest absolute Gasteiger partial charge is 0.276 e. The first-order chi connectivity index (χ1) is 17.0. The van der Waals surface area contributed by atoms with Gasteiger partial charge >= 0.3 is 0 Å². The number of carbonyl (C=O) groups is 1. The van der Waals surface area contributed by atoms with E-state index in [0.29, 0.717) is 18.3 Å². The lowest BCUT2D eigenvalue weighted by Gasteiger charge is -2.31. The molecule has 184 valence electrons. The predicted octanol–water partition coefficient (Wildman–Crippen LogP) is 2.96. The summed E-state index contributed by atoms with van der Waals surface area (Å²) in [6.07, 6.45) is 2.11. The van der Waals surface area contributed by atoms with Crippen LogP contribution in [0, 0.1) is 6.92 Å². The van der Waals surface area contributed by atoms with E-state index >= 15 is 0 Å². The zero-order valence-corrected chi connectivity index (χ0v) is 20.3. The molecule has 1 N–H and O–H groups in total. The lowest BCUT2D eigenvalue weighted by molar-refractivity contribution is 0.0392. The van der Waals surface area contributed by atoms with Gasteiger partial charge in [0.1, 0.15) is 12.4 Å². The average Bonchev–Trinajstić information content (AvgIpc) is 2.88. The topological polar surface area (TPSA) is 85.7 Å². The minimum Gasteiger partial charge on any atom is -0.492 e. The van der Waals surface area contributed by atoms with Gasteiger partial charge in [0.05, 0.1) is 5.69 Å². The van der Waals surface area contributed by atoms with Gasteiger partial charge in [-0.3, -0.25) is 14.5 Å². The molecule has 8 nitrogen and oxygen atoms in total. The molecule has 4 rings (SSSR count). The molecule has 1 aromatic heterocycles. The molecule has 2 heterocycles. The van der Waals surface area contributed by atoms with Gasteiger partial charge in [0.15, 0.2) is 5.69 Å². The van der Waals surface area contributed by atoms with Crippen LogP contribution in [0.2, 0.25) is 0 Å². The van der Waals surface area contributed by atoms with E-state index in [1.54, 1.807) is 11.6 Å². The Bertz CT molecular complexity index is 1190. The maximum Gasteiger partial charge on any atom is 0.276 e. The zero-order chi connectivity index (χ0) is 24.6. The first kappa shape index (κ1) is 24.6. The van der Waals surface area contributed by atoms with Gasteiger partial charge < -0.3 is 14.8 Å². The molecular weight excluding hydrogens is 444 g/mol. The Morgan fingerprint density at radius 1 is 1.14 bits per heavy atom. The Kier molecular flexibility index (Phi) is 8.28. The third-order valence-electron chi connectivity index (χ3n) is 6.20. The summed E-state index contributed by atoms with van der Waals surface area (Å²) >= 11 is 0. The number of ether oxygens (including phenoxy) is 2. The third-order valence-corrected chi connectivity index (χ3v) is 6.20. The summed E-state index contributed by atoms with van der Waals surface area (Å²) in [5.41, 5.74) is 1.78. The summed E-state index contributed by atoms with van der Waals surface area (Å²) in [7, 11) is 2.12. The Morgan fingerprint density at radius 3 is 2.69 bits per heavy atom. The first-order valence-electron chi connectivity index (χ1n) is 12.0. The van der Waals surface area contributed by atoms with Crippen LogP contribution in [0.5, 0.6) is 5.75 Å². The minimum atomic E-state index is -0.510. The van der Waals surface area contributed by atoms with Crippen molar-refractivity contribution in [2.24, 2.45) is 0 Å². The molecule has 0 saturated carbocycles. The highest BCUT2D eigenvalue weighted by Crippen LogP contribution is 2.15. The molecule has 0 aliphatic carbocycles. The van der Waals surface area contributed by atoms with E-state index in [1.807, 2.05) is 54.6 Å². The number of benzene rings is 2. The number of amides is 1. The molecule has 1 aliphatic rings. The molecule has 8 heteroatoms. The van der Waals surface area contributed by atoms with Crippen LogP contribution in [0.1, 0.15) is 34.6 Å². The standard InChI is InChI=1S/C27H32N4O4/c1-20-17-25(32)26(29-31(20)23-8-4-3-5-9-23)27(33)28-19-21-7-6-10-24(18-21)35-16-13-30(2)22-11-14-34-15-12-22/h3-10,17-18,22H,11-16,19H2,1-2H3,(H,28,33). The van der Waals surface area contributed by atoms with Gasteiger partial charge in [-0.2, -0.15) is 5.10 Å². The molecule has 0 unspecified atom stereocenters. The maximum atomic E-state index is 12.8. The molecule has 1 saturated heterocycles. The van der Waals surface area contributed by atoms with E-state index in [4.69, 9.17) is 9.47 Å². The molecule has 0 spiro atoms. The Hall–Kier alpha value is -3.49. The predicted molar refractivity (Wildman–Crippen MR) is 134 cm³/mol. The van der Waals surface area contributed by atoms with Crippen molar-refractivity contribution in [3.05, 3.63) is 87.8 Å². The van der Waals surface area contributed by atoms with E-state index in [9.17, 15) is 9.59 Å². The molecule has 1 fully saturated rings. The second-order valence-electron chi connectivity index (χ2n) is 8.75. The van der Waals surface area contributed by atoms with Crippen molar-refractivity contribution in [2.45, 2.75) is 32.4 Å². The highest BCUT2D eigenvalue weighted by Gasteiger charge is 2.18. The van der Waals surface area contributed by atoms with Crippen LogP contribution < -0.4 is 15.5 Å². The minimum absolute atomic E-state index is 0.136. The van der Waals surface area contributed by atoms with E-state index in [2.05, 4.69) is 22.4 Å². The number of aromatic nitrogens is 2. The quantitative estimate of drug-likeness (QED) is 0.511. The first-order valence-corrected chi connectivity index (χ1v) is 12.0. The van der Waals surface area contributed by atoms with Crippen LogP contribution >= 0.6 is 0 Å². The maximum absolute atomic E-state index is 12.8. The average molecular weight is 477 g/mol. The van der Waals surface area contributed by atoms with Crippen molar-refractivity contribution in [2.75, 3.05) is 33.4 Å². The highest BCUT2D eigenvalue weighted by atomic mass is 16.5. The van der Waals surface area contributed by atoms with Gasteiger partial charge in [-0.25, -0.2) is 4.68 Å². The summed E-state index contributed by atoms with van der Waals surface area (Å²) in [5, 5.41) is 7.13. The lowest BCUT2D eigenvalue weighted by Crippen LogP contribution is -2.38. The Labute approximate surface area is 205 Å². The number of nitrogens with one attached hydrogen (secondary N) is 1. The van der Waals surface area contributed by atoms with Gasteiger partial charge in [-0.05, 0) is 56.6 Å². The van der Waals surface area contributed by atoms with E-state index < -0.39 is 11.3 Å². The largest absolute Gasteiger partial charge is 0.492 e. The van der Waals surface area contributed by atoms with Gasteiger partial charge in [-0.1, -0.05) is 30.3 Å². The third kappa shape index (κ3) is 6.55. The molecule has 1 aliphatic heterocycles. The van der Waals surface area contributed by atoms with Gasteiger partial charge in [-0.15, -0.1) is 0 Å². The normalized spacial score (nSPS) is 14.1. The van der Waals surface area contributed by atoms with E-state index in [-0.39, 0.29) is 12.2 Å². The van der Waals surface area contributed by atoms with Crippen LogP contribution in [0.4, 0.5) is 0 Å². The molecule has 0 atom stereocenters. The number of carbonyl (C=O) groups excluding carboxylic acids is 1. The van der Waals surface area contributed by atoms with Crippen molar-refractivity contribution >= 4 is 5.91 Å². The molecule has 0 bridgehead atoms. The second kappa shape index (κ2) is 11.8. The van der Waals surface area contributed by atoms with Crippen molar-refractivity contribution in [1.82, 2.24) is 20.0 Å². The summed E-state index contributed by atoms with van der Waals surface area (Å²) in [5.74, 6) is 0.237. The van der Waals surface area contributed by atoms with Crippen LogP contribution in [-0.4, -0.2) is 60.0 Å². The number of nitrogens with zero attached hydrogens (tertiary/aromatic N) is 3. The fraction of sp³-hybridized carbons (Fsp3) is 0.370. The Morgan fingerprint density at radius 2 is 1.91 bits per heavy atom. The van der Waals surface area contributed by atoms with Crippen LogP contribution in [-0.2, 0) is 11.3 Å². The summed E-state index contributed by atoms with van der Waals surface area (Å²) in [6.45, 7) is 5.10. The molecule has 35 heavy (non-hydrogen) atoms.